The van der Waals surface area contributed by atoms with Crippen molar-refractivity contribution in [3.05, 3.63) is 101 Å². The lowest BCUT2D eigenvalue weighted by molar-refractivity contribution is -0.140. The van der Waals surface area contributed by atoms with E-state index in [9.17, 15) is 24.0 Å². The molecule has 0 heterocycles. The molecule has 3 aromatic carbocycles. The fourth-order valence-electron chi connectivity index (χ4n) is 3.54. The van der Waals surface area contributed by atoms with Gasteiger partial charge in [0.15, 0.2) is 5.70 Å². The summed E-state index contributed by atoms with van der Waals surface area (Å²) in [5.41, 5.74) is -0.170. The van der Waals surface area contributed by atoms with Crippen molar-refractivity contribution in [1.82, 2.24) is 5.01 Å². The van der Waals surface area contributed by atoms with Crippen molar-refractivity contribution < 1.29 is 47.7 Å². The summed E-state index contributed by atoms with van der Waals surface area (Å²) < 4.78 is 24.5. The summed E-state index contributed by atoms with van der Waals surface area (Å²) in [4.78, 5) is 62.7. The first-order valence-electron chi connectivity index (χ1n) is 12.1. The average molecular weight is 575 g/mol. The van der Waals surface area contributed by atoms with Crippen LogP contribution in [-0.2, 0) is 38.1 Å². The van der Waals surface area contributed by atoms with Crippen LogP contribution >= 0.6 is 0 Å². The van der Waals surface area contributed by atoms with Gasteiger partial charge >= 0.3 is 23.9 Å². The number of amides is 1. The number of nitrogens with zero attached hydrogens (tertiary/aromatic N) is 2. The highest BCUT2D eigenvalue weighted by Gasteiger charge is 2.27. The van der Waals surface area contributed by atoms with E-state index in [0.717, 1.165) is 46.0 Å². The molecule has 0 aliphatic carbocycles. The van der Waals surface area contributed by atoms with Crippen molar-refractivity contribution in [3.63, 3.8) is 0 Å². The van der Waals surface area contributed by atoms with Crippen LogP contribution in [0.15, 0.2) is 95.4 Å². The monoisotopic (exact) mass is 574 g/mol. The van der Waals surface area contributed by atoms with Crippen molar-refractivity contribution >= 4 is 46.8 Å². The zero-order chi connectivity index (χ0) is 30.6. The minimum Gasteiger partial charge on any atom is -0.466 e. The van der Waals surface area contributed by atoms with Crippen LogP contribution in [0.2, 0.25) is 0 Å². The SMILES string of the molecule is COC(=O)/C=C(/C(=O)OC)N(/N=C/c1c(O/C(=C/C(=O)OC)C(=O)OC)ccc2ccccc12)C(=O)c1ccccc1. The van der Waals surface area contributed by atoms with Crippen molar-refractivity contribution in [1.29, 1.82) is 0 Å². The van der Waals surface area contributed by atoms with E-state index in [1.165, 1.54) is 24.4 Å². The average Bonchev–Trinajstić information content (AvgIpc) is 3.03. The number of hydrogen-bond donors (Lipinski definition) is 0. The Hall–Kier alpha value is -5.78. The first-order valence-corrected chi connectivity index (χ1v) is 12.1. The molecule has 12 nitrogen and oxygen atoms in total. The van der Waals surface area contributed by atoms with E-state index in [0.29, 0.717) is 10.4 Å². The molecule has 0 fully saturated rings. The maximum atomic E-state index is 13.6. The molecule has 1 amide bonds. The lowest BCUT2D eigenvalue weighted by atomic mass is 10.0. The second kappa shape index (κ2) is 14.6. The van der Waals surface area contributed by atoms with Gasteiger partial charge in [-0.3, -0.25) is 4.79 Å². The molecule has 0 spiro atoms. The molecule has 0 unspecified atom stereocenters. The standard InChI is InChI=1S/C30H26N2O10/c1-38-26(33)16-23(29(36)40-3)32(28(35)20-11-6-5-7-12-20)31-18-22-21-13-9-8-10-19(21)14-15-24(22)42-25(30(37)41-4)17-27(34)39-2/h5-18H,1-4H3/b23-16-,25-17+,31-18+. The summed E-state index contributed by atoms with van der Waals surface area (Å²) in [5.74, 6) is -5.08. The molecule has 0 saturated carbocycles. The van der Waals surface area contributed by atoms with Crippen LogP contribution in [-0.4, -0.2) is 69.4 Å². The van der Waals surface area contributed by atoms with Gasteiger partial charge in [-0.05, 0) is 29.0 Å². The topological polar surface area (TPSA) is 147 Å². The molecule has 216 valence electrons. The highest BCUT2D eigenvalue weighted by Crippen LogP contribution is 2.29. The van der Waals surface area contributed by atoms with Gasteiger partial charge in [-0.15, -0.1) is 0 Å². The zero-order valence-electron chi connectivity index (χ0n) is 23.1. The fraction of sp³-hybridized carbons (Fsp3) is 0.133. The number of ether oxygens (including phenoxy) is 5. The number of fused-ring (bicyclic) bond motifs is 1. The molecule has 0 bridgehead atoms. The van der Waals surface area contributed by atoms with Gasteiger partial charge in [0, 0.05) is 11.1 Å². The molecule has 0 atom stereocenters. The Bertz CT molecular complexity index is 1590. The number of hydrogen-bond acceptors (Lipinski definition) is 11. The molecule has 3 rings (SSSR count). The van der Waals surface area contributed by atoms with E-state index in [2.05, 4.69) is 14.6 Å². The Kier molecular flexibility index (Phi) is 10.7. The van der Waals surface area contributed by atoms with Crippen LogP contribution in [0.1, 0.15) is 15.9 Å². The summed E-state index contributed by atoms with van der Waals surface area (Å²) in [6, 6.07) is 18.1. The minimum absolute atomic E-state index is 0.0293. The highest BCUT2D eigenvalue weighted by atomic mass is 16.6. The second-order valence-corrected chi connectivity index (χ2v) is 8.10. The largest absolute Gasteiger partial charge is 0.466 e. The first kappa shape index (κ1) is 30.8. The maximum absolute atomic E-state index is 13.6. The molecule has 3 aromatic rings. The van der Waals surface area contributed by atoms with Crippen LogP contribution in [0.5, 0.6) is 5.75 Å². The summed E-state index contributed by atoms with van der Waals surface area (Å²) in [6.07, 6.45) is 2.76. The second-order valence-electron chi connectivity index (χ2n) is 8.10. The van der Waals surface area contributed by atoms with Crippen molar-refractivity contribution in [2.45, 2.75) is 0 Å². The molecule has 0 aromatic heterocycles. The third-order valence-electron chi connectivity index (χ3n) is 5.58. The van der Waals surface area contributed by atoms with Gasteiger partial charge in [-0.2, -0.15) is 10.1 Å². The summed E-state index contributed by atoms with van der Waals surface area (Å²) in [5, 5.41) is 6.22. The molecule has 0 aliphatic rings. The summed E-state index contributed by atoms with van der Waals surface area (Å²) >= 11 is 0. The molecule has 0 aliphatic heterocycles. The predicted octanol–water partition coefficient (Wildman–Crippen LogP) is 3.15. The molecule has 0 radical (unpaired) electrons. The Labute approximate surface area is 240 Å². The summed E-state index contributed by atoms with van der Waals surface area (Å²) in [6.45, 7) is 0. The number of methoxy groups -OCH3 is 4. The number of hydrazone groups is 1. The number of rotatable bonds is 10. The Morgan fingerprint density at radius 3 is 1.95 bits per heavy atom. The van der Waals surface area contributed by atoms with Crippen LogP contribution < -0.4 is 4.74 Å². The van der Waals surface area contributed by atoms with Crippen LogP contribution in [0.3, 0.4) is 0 Å². The zero-order valence-corrected chi connectivity index (χ0v) is 23.1. The van der Waals surface area contributed by atoms with E-state index in [4.69, 9.17) is 14.2 Å². The Balaban J connectivity index is 2.25. The van der Waals surface area contributed by atoms with Gasteiger partial charge in [0.2, 0.25) is 5.76 Å². The molecule has 12 heteroatoms. The van der Waals surface area contributed by atoms with Gasteiger partial charge in [0.25, 0.3) is 5.91 Å². The van der Waals surface area contributed by atoms with E-state index < -0.39 is 41.2 Å². The van der Waals surface area contributed by atoms with E-state index >= 15 is 0 Å². The minimum atomic E-state index is -1.05. The third kappa shape index (κ3) is 7.45. The van der Waals surface area contributed by atoms with Crippen LogP contribution in [0.25, 0.3) is 10.8 Å². The van der Waals surface area contributed by atoms with Gasteiger partial charge < -0.3 is 23.7 Å². The van der Waals surface area contributed by atoms with Crippen molar-refractivity contribution in [2.24, 2.45) is 5.10 Å². The van der Waals surface area contributed by atoms with E-state index in [1.54, 1.807) is 48.5 Å². The molecular weight excluding hydrogens is 548 g/mol. The molecule has 42 heavy (non-hydrogen) atoms. The van der Waals surface area contributed by atoms with Crippen molar-refractivity contribution in [3.8, 4) is 5.75 Å². The van der Waals surface area contributed by atoms with Gasteiger partial charge in [0.1, 0.15) is 5.75 Å². The Morgan fingerprint density at radius 2 is 1.31 bits per heavy atom. The normalized spacial score (nSPS) is 11.5. The van der Waals surface area contributed by atoms with Crippen LogP contribution in [0.4, 0.5) is 0 Å². The van der Waals surface area contributed by atoms with Gasteiger partial charge in [-0.25, -0.2) is 19.2 Å². The van der Waals surface area contributed by atoms with E-state index in [1.807, 2.05) is 0 Å². The fourth-order valence-corrected chi connectivity index (χ4v) is 3.54. The smallest absolute Gasteiger partial charge is 0.374 e. The third-order valence-corrected chi connectivity index (χ3v) is 5.58. The maximum Gasteiger partial charge on any atom is 0.374 e. The predicted molar refractivity (Wildman–Crippen MR) is 149 cm³/mol. The number of esters is 4. The number of carbonyl (C=O) groups excluding carboxylic acids is 5. The Morgan fingerprint density at radius 1 is 0.690 bits per heavy atom. The van der Waals surface area contributed by atoms with Crippen molar-refractivity contribution in [2.75, 3.05) is 28.4 Å². The molecular formula is C30H26N2O10. The molecule has 0 N–H and O–H groups in total. The van der Waals surface area contributed by atoms with E-state index in [-0.39, 0.29) is 16.9 Å². The lowest BCUT2D eigenvalue weighted by Crippen LogP contribution is -2.31. The number of benzene rings is 3. The first-order chi connectivity index (χ1) is 20.2. The lowest BCUT2D eigenvalue weighted by Gasteiger charge is -2.19. The summed E-state index contributed by atoms with van der Waals surface area (Å²) in [7, 11) is 4.40. The molecule has 0 saturated heterocycles. The van der Waals surface area contributed by atoms with Crippen LogP contribution in [0, 0.1) is 0 Å². The quantitative estimate of drug-likeness (QED) is 0.0883. The highest BCUT2D eigenvalue weighted by molar-refractivity contribution is 6.06. The van der Waals surface area contributed by atoms with Gasteiger partial charge in [0.05, 0.1) is 46.8 Å². The number of carbonyl (C=O) groups is 5. The van der Waals surface area contributed by atoms with Gasteiger partial charge in [-0.1, -0.05) is 48.5 Å².